The van der Waals surface area contributed by atoms with Gasteiger partial charge in [-0.25, -0.2) is 4.79 Å². The highest BCUT2D eigenvalue weighted by atomic mass is 16.6. The molecule has 2 atom stereocenters. The summed E-state index contributed by atoms with van der Waals surface area (Å²) < 4.78 is 16.6. The SMILES string of the molecule is COc1ccc(C)cc1C(=O)C1CC2COCC(C1)N2C(=O)OC(C)(C)C. The van der Waals surface area contributed by atoms with Gasteiger partial charge in [0.25, 0.3) is 0 Å². The number of benzene rings is 1. The number of carbonyl (C=O) groups is 2. The minimum absolute atomic E-state index is 0.0799. The van der Waals surface area contributed by atoms with Crippen LogP contribution < -0.4 is 4.74 Å². The number of methoxy groups -OCH3 is 1. The zero-order valence-corrected chi connectivity index (χ0v) is 16.8. The average Bonchev–Trinajstić information content (AvgIpc) is 2.58. The number of ether oxygens (including phenoxy) is 3. The van der Waals surface area contributed by atoms with E-state index in [-0.39, 0.29) is 29.9 Å². The fourth-order valence-corrected chi connectivity index (χ4v) is 3.98. The number of rotatable bonds is 3. The molecule has 2 heterocycles. The Morgan fingerprint density at radius 1 is 1.15 bits per heavy atom. The summed E-state index contributed by atoms with van der Waals surface area (Å²) in [7, 11) is 1.58. The lowest BCUT2D eigenvalue weighted by Gasteiger charge is -2.47. The van der Waals surface area contributed by atoms with E-state index < -0.39 is 5.60 Å². The molecule has 2 fully saturated rings. The van der Waals surface area contributed by atoms with Crippen LogP contribution in [0, 0.1) is 12.8 Å². The summed E-state index contributed by atoms with van der Waals surface area (Å²) in [5.41, 5.74) is 1.09. The molecule has 27 heavy (non-hydrogen) atoms. The Bertz CT molecular complexity index is 710. The van der Waals surface area contributed by atoms with Gasteiger partial charge in [-0.3, -0.25) is 9.69 Å². The number of nitrogens with zero attached hydrogens (tertiary/aromatic N) is 1. The first-order valence-corrected chi connectivity index (χ1v) is 9.47. The van der Waals surface area contributed by atoms with Gasteiger partial charge >= 0.3 is 6.09 Å². The van der Waals surface area contributed by atoms with Crippen LogP contribution in [0.1, 0.15) is 49.5 Å². The number of hydrogen-bond donors (Lipinski definition) is 0. The van der Waals surface area contributed by atoms with Gasteiger partial charge in [0.1, 0.15) is 11.4 Å². The van der Waals surface area contributed by atoms with Crippen molar-refractivity contribution in [2.24, 2.45) is 5.92 Å². The van der Waals surface area contributed by atoms with Gasteiger partial charge in [0, 0.05) is 5.92 Å². The Labute approximate surface area is 160 Å². The number of aryl methyl sites for hydroxylation is 1. The van der Waals surface area contributed by atoms with Crippen molar-refractivity contribution in [3.63, 3.8) is 0 Å². The van der Waals surface area contributed by atoms with Crippen LogP contribution in [-0.2, 0) is 9.47 Å². The minimum Gasteiger partial charge on any atom is -0.496 e. The summed E-state index contributed by atoms with van der Waals surface area (Å²) in [5, 5.41) is 0. The predicted octanol–water partition coefficient (Wildman–Crippen LogP) is 3.60. The maximum Gasteiger partial charge on any atom is 0.410 e. The second-order valence-electron chi connectivity index (χ2n) is 8.47. The van der Waals surface area contributed by atoms with Gasteiger partial charge < -0.3 is 14.2 Å². The normalized spacial score (nSPS) is 25.1. The van der Waals surface area contributed by atoms with Crippen molar-refractivity contribution in [3.8, 4) is 5.75 Å². The Morgan fingerprint density at radius 2 is 1.78 bits per heavy atom. The summed E-state index contributed by atoms with van der Waals surface area (Å²) in [6.07, 6.45) is 0.831. The lowest BCUT2D eigenvalue weighted by molar-refractivity contribution is -0.0861. The van der Waals surface area contributed by atoms with Crippen molar-refractivity contribution in [3.05, 3.63) is 29.3 Å². The molecule has 0 saturated carbocycles. The fraction of sp³-hybridized carbons (Fsp3) is 0.619. The average molecular weight is 375 g/mol. The highest BCUT2D eigenvalue weighted by Crippen LogP contribution is 2.36. The van der Waals surface area contributed by atoms with Crippen molar-refractivity contribution < 1.29 is 23.8 Å². The van der Waals surface area contributed by atoms with E-state index >= 15 is 0 Å². The van der Waals surface area contributed by atoms with Gasteiger partial charge in [0.15, 0.2) is 5.78 Å². The van der Waals surface area contributed by atoms with Crippen molar-refractivity contribution in [1.29, 1.82) is 0 Å². The molecule has 2 saturated heterocycles. The first-order chi connectivity index (χ1) is 12.7. The van der Waals surface area contributed by atoms with Gasteiger partial charge in [0.2, 0.25) is 0 Å². The molecule has 2 unspecified atom stereocenters. The number of hydrogen-bond acceptors (Lipinski definition) is 5. The predicted molar refractivity (Wildman–Crippen MR) is 101 cm³/mol. The largest absolute Gasteiger partial charge is 0.496 e. The molecule has 0 N–H and O–H groups in total. The molecule has 6 heteroatoms. The van der Waals surface area contributed by atoms with Crippen LogP contribution in [0.15, 0.2) is 18.2 Å². The molecule has 2 aliphatic rings. The molecule has 1 aromatic carbocycles. The van der Waals surface area contributed by atoms with Crippen molar-refractivity contribution in [2.45, 2.75) is 58.2 Å². The molecule has 0 aromatic heterocycles. The smallest absolute Gasteiger partial charge is 0.410 e. The fourth-order valence-electron chi connectivity index (χ4n) is 3.98. The third kappa shape index (κ3) is 4.26. The number of fused-ring (bicyclic) bond motifs is 2. The molecule has 1 amide bonds. The zero-order chi connectivity index (χ0) is 19.8. The second-order valence-corrected chi connectivity index (χ2v) is 8.47. The monoisotopic (exact) mass is 375 g/mol. The Hall–Kier alpha value is -2.08. The molecule has 6 nitrogen and oxygen atoms in total. The topological polar surface area (TPSA) is 65.1 Å². The molecule has 1 aromatic rings. The highest BCUT2D eigenvalue weighted by molar-refractivity contribution is 6.00. The van der Waals surface area contributed by atoms with Crippen LogP contribution >= 0.6 is 0 Å². The number of amides is 1. The highest BCUT2D eigenvalue weighted by Gasteiger charge is 2.45. The van der Waals surface area contributed by atoms with Crippen LogP contribution in [0.2, 0.25) is 0 Å². The molecule has 0 spiro atoms. The minimum atomic E-state index is -0.548. The number of ketones is 1. The first kappa shape index (κ1) is 19.7. The summed E-state index contributed by atoms with van der Waals surface area (Å²) in [6, 6.07) is 5.37. The lowest BCUT2D eigenvalue weighted by Crippen LogP contribution is -2.60. The van der Waals surface area contributed by atoms with Crippen LogP contribution in [0.25, 0.3) is 0 Å². The Morgan fingerprint density at radius 3 is 2.33 bits per heavy atom. The van der Waals surface area contributed by atoms with Gasteiger partial charge in [-0.05, 0) is 52.7 Å². The second kappa shape index (κ2) is 7.50. The number of morpholine rings is 1. The van der Waals surface area contributed by atoms with Crippen LogP contribution in [0.4, 0.5) is 4.79 Å². The van der Waals surface area contributed by atoms with E-state index in [2.05, 4.69) is 0 Å². The summed E-state index contributed by atoms with van der Waals surface area (Å²) >= 11 is 0. The molecule has 2 bridgehead atoms. The van der Waals surface area contributed by atoms with E-state index in [0.717, 1.165) is 5.56 Å². The summed E-state index contributed by atoms with van der Waals surface area (Å²) in [6.45, 7) is 8.41. The first-order valence-electron chi connectivity index (χ1n) is 9.47. The molecular formula is C21H29NO5. The summed E-state index contributed by atoms with van der Waals surface area (Å²) in [5.74, 6) is 0.524. The van der Waals surface area contributed by atoms with Crippen LogP contribution in [-0.4, -0.2) is 54.8 Å². The molecule has 0 aliphatic carbocycles. The third-order valence-corrected chi connectivity index (χ3v) is 5.12. The Balaban J connectivity index is 1.79. The van der Waals surface area contributed by atoms with Crippen LogP contribution in [0.3, 0.4) is 0 Å². The molecule has 2 aliphatic heterocycles. The number of carbonyl (C=O) groups excluding carboxylic acids is 2. The zero-order valence-electron chi connectivity index (χ0n) is 16.8. The quantitative estimate of drug-likeness (QED) is 0.755. The number of piperidine rings is 1. The van der Waals surface area contributed by atoms with Crippen molar-refractivity contribution >= 4 is 11.9 Å². The van der Waals surface area contributed by atoms with Gasteiger partial charge in [-0.15, -0.1) is 0 Å². The maximum absolute atomic E-state index is 13.2. The van der Waals surface area contributed by atoms with Crippen molar-refractivity contribution in [1.82, 2.24) is 4.90 Å². The van der Waals surface area contributed by atoms with E-state index in [1.54, 1.807) is 12.0 Å². The lowest BCUT2D eigenvalue weighted by atomic mass is 9.80. The van der Waals surface area contributed by atoms with Crippen LogP contribution in [0.5, 0.6) is 5.75 Å². The van der Waals surface area contributed by atoms with E-state index in [0.29, 0.717) is 37.4 Å². The van der Waals surface area contributed by atoms with E-state index in [4.69, 9.17) is 14.2 Å². The third-order valence-electron chi connectivity index (χ3n) is 5.12. The summed E-state index contributed by atoms with van der Waals surface area (Å²) in [4.78, 5) is 27.7. The molecule has 3 rings (SSSR count). The number of Topliss-reactive ketones (excluding diaryl/α,β-unsaturated/α-hetero) is 1. The van der Waals surface area contributed by atoms with Crippen molar-refractivity contribution in [2.75, 3.05) is 20.3 Å². The maximum atomic E-state index is 13.2. The van der Waals surface area contributed by atoms with Gasteiger partial charge in [0.05, 0.1) is 38.0 Å². The van der Waals surface area contributed by atoms with E-state index in [1.807, 2.05) is 45.9 Å². The Kier molecular flexibility index (Phi) is 5.47. The molecular weight excluding hydrogens is 346 g/mol. The molecule has 0 radical (unpaired) electrons. The van der Waals surface area contributed by atoms with Gasteiger partial charge in [-0.2, -0.15) is 0 Å². The van der Waals surface area contributed by atoms with E-state index in [1.165, 1.54) is 0 Å². The van der Waals surface area contributed by atoms with Gasteiger partial charge in [-0.1, -0.05) is 11.6 Å². The standard InChI is InChI=1S/C21H29NO5/c1-13-6-7-18(25-5)17(8-13)19(23)14-9-15-11-26-12-16(10-14)22(15)20(24)27-21(2,3)4/h6-8,14-16H,9-12H2,1-5H3. The van der Waals surface area contributed by atoms with E-state index in [9.17, 15) is 9.59 Å². The molecule has 148 valence electrons.